The average molecular weight is 261 g/mol. The van der Waals surface area contributed by atoms with Gasteiger partial charge < -0.3 is 10.4 Å². The molecule has 2 unspecified atom stereocenters. The molecule has 0 fully saturated rings. The van der Waals surface area contributed by atoms with E-state index in [1.807, 2.05) is 0 Å². The average Bonchev–Trinajstić information content (AvgIpc) is 2.34. The van der Waals surface area contributed by atoms with E-state index in [0.29, 0.717) is 6.07 Å². The summed E-state index contributed by atoms with van der Waals surface area (Å²) in [7, 11) is 0. The Morgan fingerprint density at radius 2 is 1.89 bits per heavy atom. The summed E-state index contributed by atoms with van der Waals surface area (Å²) in [5, 5.41) is 11.3. The highest BCUT2D eigenvalue weighted by Crippen LogP contribution is 2.15. The van der Waals surface area contributed by atoms with E-state index in [-0.39, 0.29) is 12.5 Å². The Labute approximate surface area is 103 Å². The van der Waals surface area contributed by atoms with Gasteiger partial charge in [0.15, 0.2) is 17.5 Å². The number of halogens is 3. The van der Waals surface area contributed by atoms with E-state index in [0.717, 1.165) is 6.07 Å². The third-order valence-electron chi connectivity index (χ3n) is 2.78. The minimum absolute atomic E-state index is 0.151. The van der Waals surface area contributed by atoms with Crippen LogP contribution in [0.5, 0.6) is 0 Å². The molecule has 0 spiro atoms. The number of benzene rings is 1. The monoisotopic (exact) mass is 261 g/mol. The lowest BCUT2D eigenvalue weighted by molar-refractivity contribution is 0.0911. The predicted octanol–water partition coefficient (Wildman–Crippen LogP) is 1.85. The molecule has 3 nitrogen and oxygen atoms in total. The number of aliphatic hydroxyl groups excluding tert-OH is 1. The van der Waals surface area contributed by atoms with Crippen LogP contribution >= 0.6 is 0 Å². The molecule has 0 heterocycles. The van der Waals surface area contributed by atoms with Crippen LogP contribution in [0.4, 0.5) is 13.2 Å². The lowest BCUT2D eigenvalue weighted by Crippen LogP contribution is -2.38. The Morgan fingerprint density at radius 1 is 1.28 bits per heavy atom. The summed E-state index contributed by atoms with van der Waals surface area (Å²) in [6.45, 7) is 3.16. The summed E-state index contributed by atoms with van der Waals surface area (Å²) in [4.78, 5) is 11.6. The van der Waals surface area contributed by atoms with Crippen LogP contribution in [-0.4, -0.2) is 23.7 Å². The van der Waals surface area contributed by atoms with Gasteiger partial charge in [-0.15, -0.1) is 0 Å². The number of aliphatic hydroxyl groups is 1. The Kier molecular flexibility index (Phi) is 4.72. The molecule has 1 amide bonds. The van der Waals surface area contributed by atoms with Gasteiger partial charge in [0.25, 0.3) is 5.91 Å². The maximum Gasteiger partial charge on any atom is 0.254 e. The van der Waals surface area contributed by atoms with Crippen LogP contribution in [0.3, 0.4) is 0 Å². The summed E-state index contributed by atoms with van der Waals surface area (Å²) in [5.74, 6) is -5.62. The third-order valence-corrected chi connectivity index (χ3v) is 2.78. The van der Waals surface area contributed by atoms with Gasteiger partial charge in [-0.25, -0.2) is 13.2 Å². The van der Waals surface area contributed by atoms with Crippen LogP contribution in [0.2, 0.25) is 0 Å². The number of carbonyl (C=O) groups excluding carboxylic acids is 1. The van der Waals surface area contributed by atoms with Gasteiger partial charge in [0, 0.05) is 12.6 Å². The van der Waals surface area contributed by atoms with Crippen molar-refractivity contribution in [3.63, 3.8) is 0 Å². The highest BCUT2D eigenvalue weighted by atomic mass is 19.2. The van der Waals surface area contributed by atoms with Gasteiger partial charge in [0.1, 0.15) is 0 Å². The van der Waals surface area contributed by atoms with Crippen molar-refractivity contribution in [3.05, 3.63) is 35.1 Å². The first-order valence-corrected chi connectivity index (χ1v) is 5.43. The molecular weight excluding hydrogens is 247 g/mol. The Bertz CT molecular complexity index is 451. The Morgan fingerprint density at radius 3 is 2.44 bits per heavy atom. The second-order valence-corrected chi connectivity index (χ2v) is 4.14. The summed E-state index contributed by atoms with van der Waals surface area (Å²) in [6.07, 6.45) is 0. The molecule has 18 heavy (non-hydrogen) atoms. The van der Waals surface area contributed by atoms with E-state index in [9.17, 15) is 18.0 Å². The van der Waals surface area contributed by atoms with E-state index >= 15 is 0 Å². The standard InChI is InChI=1S/C12H14F3NO2/c1-6(5-17)7(2)16-12(18)8-3-4-9(13)11(15)10(8)14/h3-4,6-7,17H,5H2,1-2H3,(H,16,18). The molecule has 2 N–H and O–H groups in total. The number of rotatable bonds is 4. The van der Waals surface area contributed by atoms with E-state index in [2.05, 4.69) is 5.32 Å². The van der Waals surface area contributed by atoms with Crippen molar-refractivity contribution in [3.8, 4) is 0 Å². The first kappa shape index (κ1) is 14.5. The van der Waals surface area contributed by atoms with Gasteiger partial charge in [-0.2, -0.15) is 0 Å². The van der Waals surface area contributed by atoms with Crippen molar-refractivity contribution < 1.29 is 23.1 Å². The van der Waals surface area contributed by atoms with Gasteiger partial charge in [-0.3, -0.25) is 4.79 Å². The molecular formula is C12H14F3NO2. The minimum atomic E-state index is -1.68. The van der Waals surface area contributed by atoms with Crippen molar-refractivity contribution in [2.24, 2.45) is 5.92 Å². The lowest BCUT2D eigenvalue weighted by Gasteiger charge is -2.19. The largest absolute Gasteiger partial charge is 0.396 e. The van der Waals surface area contributed by atoms with Gasteiger partial charge in [0.2, 0.25) is 0 Å². The minimum Gasteiger partial charge on any atom is -0.396 e. The first-order valence-electron chi connectivity index (χ1n) is 5.43. The van der Waals surface area contributed by atoms with Crippen LogP contribution < -0.4 is 5.32 Å². The highest BCUT2D eigenvalue weighted by molar-refractivity contribution is 5.94. The topological polar surface area (TPSA) is 49.3 Å². The van der Waals surface area contributed by atoms with E-state index in [1.54, 1.807) is 13.8 Å². The maximum atomic E-state index is 13.3. The molecule has 6 heteroatoms. The zero-order chi connectivity index (χ0) is 13.9. The molecule has 1 aromatic rings. The highest BCUT2D eigenvalue weighted by Gasteiger charge is 2.21. The van der Waals surface area contributed by atoms with Crippen molar-refractivity contribution in [2.45, 2.75) is 19.9 Å². The molecule has 2 atom stereocenters. The molecule has 0 aliphatic heterocycles. The van der Waals surface area contributed by atoms with E-state index in [1.165, 1.54) is 0 Å². The van der Waals surface area contributed by atoms with Crippen molar-refractivity contribution in [2.75, 3.05) is 6.61 Å². The van der Waals surface area contributed by atoms with Gasteiger partial charge >= 0.3 is 0 Å². The molecule has 1 rings (SSSR count). The first-order chi connectivity index (χ1) is 8.38. The summed E-state index contributed by atoms with van der Waals surface area (Å²) < 4.78 is 39.0. The fourth-order valence-electron chi connectivity index (χ4n) is 1.29. The fourth-order valence-corrected chi connectivity index (χ4v) is 1.29. The normalized spacial score (nSPS) is 14.1. The summed E-state index contributed by atoms with van der Waals surface area (Å²) in [5.41, 5.74) is -0.564. The number of carbonyl (C=O) groups is 1. The quantitative estimate of drug-likeness (QED) is 0.813. The molecule has 0 saturated heterocycles. The summed E-state index contributed by atoms with van der Waals surface area (Å²) in [6, 6.07) is 1.14. The molecule has 0 aliphatic rings. The number of hydrogen-bond donors (Lipinski definition) is 2. The van der Waals surface area contributed by atoms with Crippen LogP contribution in [0.1, 0.15) is 24.2 Å². The Hall–Kier alpha value is -1.56. The van der Waals surface area contributed by atoms with E-state index < -0.39 is 35.0 Å². The van der Waals surface area contributed by atoms with E-state index in [4.69, 9.17) is 5.11 Å². The lowest BCUT2D eigenvalue weighted by atomic mass is 10.0. The molecule has 0 aliphatic carbocycles. The molecule has 1 aromatic carbocycles. The number of hydrogen-bond acceptors (Lipinski definition) is 2. The number of amides is 1. The van der Waals surface area contributed by atoms with Crippen molar-refractivity contribution in [1.29, 1.82) is 0 Å². The van der Waals surface area contributed by atoms with Crippen LogP contribution in [0, 0.1) is 23.4 Å². The molecule has 0 radical (unpaired) electrons. The van der Waals surface area contributed by atoms with Crippen molar-refractivity contribution in [1.82, 2.24) is 5.32 Å². The van der Waals surface area contributed by atoms with Gasteiger partial charge in [-0.05, 0) is 25.0 Å². The fraction of sp³-hybridized carbons (Fsp3) is 0.417. The van der Waals surface area contributed by atoms with Crippen LogP contribution in [0.15, 0.2) is 12.1 Å². The molecule has 100 valence electrons. The van der Waals surface area contributed by atoms with Crippen LogP contribution in [0.25, 0.3) is 0 Å². The second-order valence-electron chi connectivity index (χ2n) is 4.14. The molecule has 0 bridgehead atoms. The molecule has 0 saturated carbocycles. The second kappa shape index (κ2) is 5.86. The summed E-state index contributed by atoms with van der Waals surface area (Å²) >= 11 is 0. The predicted molar refractivity (Wildman–Crippen MR) is 59.5 cm³/mol. The number of nitrogens with one attached hydrogen (secondary N) is 1. The molecule has 0 aromatic heterocycles. The zero-order valence-corrected chi connectivity index (χ0v) is 10.0. The van der Waals surface area contributed by atoms with Gasteiger partial charge in [0.05, 0.1) is 5.56 Å². The maximum absolute atomic E-state index is 13.3. The smallest absolute Gasteiger partial charge is 0.254 e. The zero-order valence-electron chi connectivity index (χ0n) is 10.0. The SMILES string of the molecule is CC(CO)C(C)NC(=O)c1ccc(F)c(F)c1F. The van der Waals surface area contributed by atoms with Crippen molar-refractivity contribution >= 4 is 5.91 Å². The van der Waals surface area contributed by atoms with Gasteiger partial charge in [-0.1, -0.05) is 6.92 Å². The Balaban J connectivity index is 2.89. The third kappa shape index (κ3) is 3.01. The van der Waals surface area contributed by atoms with Crippen LogP contribution in [-0.2, 0) is 0 Å².